The molecule has 128 valence electrons. The molecule has 1 aromatic heterocycles. The quantitative estimate of drug-likeness (QED) is 0.549. The zero-order chi connectivity index (χ0) is 17.9. The van der Waals surface area contributed by atoms with Crippen molar-refractivity contribution in [2.75, 3.05) is 0 Å². The Labute approximate surface area is 153 Å². The molecule has 4 aromatic rings. The molecule has 26 heavy (non-hydrogen) atoms. The number of benzene rings is 3. The molecule has 0 amide bonds. The molecule has 0 aliphatic rings. The van der Waals surface area contributed by atoms with E-state index in [2.05, 4.69) is 18.2 Å². The fourth-order valence-corrected chi connectivity index (χ4v) is 3.15. The minimum Gasteiger partial charge on any atom is -0.507 e. The first-order chi connectivity index (χ1) is 12.7. The van der Waals surface area contributed by atoms with Gasteiger partial charge >= 0.3 is 0 Å². The summed E-state index contributed by atoms with van der Waals surface area (Å²) in [6, 6.07) is 28.0. The minimum atomic E-state index is 0.315. The van der Waals surface area contributed by atoms with E-state index in [0.29, 0.717) is 12.3 Å². The van der Waals surface area contributed by atoms with E-state index in [-0.39, 0.29) is 0 Å². The van der Waals surface area contributed by atoms with Gasteiger partial charge in [-0.2, -0.15) is 5.10 Å². The maximum Gasteiger partial charge on any atom is 0.128 e. The van der Waals surface area contributed by atoms with Crippen LogP contribution in [0, 0.1) is 6.92 Å². The van der Waals surface area contributed by atoms with Gasteiger partial charge < -0.3 is 5.11 Å². The monoisotopic (exact) mass is 340 g/mol. The Balaban J connectivity index is 1.67. The van der Waals surface area contributed by atoms with E-state index in [1.807, 2.05) is 78.3 Å². The van der Waals surface area contributed by atoms with E-state index in [9.17, 15) is 5.11 Å². The van der Waals surface area contributed by atoms with Crippen molar-refractivity contribution in [3.8, 4) is 28.1 Å². The minimum absolute atomic E-state index is 0.315. The van der Waals surface area contributed by atoms with Crippen molar-refractivity contribution in [3.05, 3.63) is 96.2 Å². The Bertz CT molecular complexity index is 1020. The first-order valence-corrected chi connectivity index (χ1v) is 8.68. The average Bonchev–Trinajstić information content (AvgIpc) is 3.05. The van der Waals surface area contributed by atoms with E-state index in [0.717, 1.165) is 33.6 Å². The van der Waals surface area contributed by atoms with Gasteiger partial charge in [0.2, 0.25) is 0 Å². The normalized spacial score (nSPS) is 10.8. The molecule has 1 heterocycles. The van der Waals surface area contributed by atoms with E-state index in [1.54, 1.807) is 0 Å². The molecule has 3 heteroatoms. The van der Waals surface area contributed by atoms with Crippen molar-refractivity contribution >= 4 is 0 Å². The summed E-state index contributed by atoms with van der Waals surface area (Å²) in [6.45, 7) is 2.57. The van der Waals surface area contributed by atoms with E-state index in [4.69, 9.17) is 5.10 Å². The van der Waals surface area contributed by atoms with Gasteiger partial charge in [0.1, 0.15) is 5.75 Å². The summed E-state index contributed by atoms with van der Waals surface area (Å²) in [5.41, 5.74) is 5.81. The van der Waals surface area contributed by atoms with Gasteiger partial charge in [0.05, 0.1) is 12.2 Å². The van der Waals surface area contributed by atoms with Crippen LogP contribution in [-0.4, -0.2) is 14.9 Å². The molecule has 0 spiro atoms. The second-order valence-corrected chi connectivity index (χ2v) is 6.37. The number of aromatic hydroxyl groups is 1. The molecule has 4 rings (SSSR count). The molecular formula is C23H20N2O. The highest BCUT2D eigenvalue weighted by Gasteiger charge is 2.12. The first-order valence-electron chi connectivity index (χ1n) is 8.68. The Hall–Kier alpha value is -3.33. The number of phenols is 1. The zero-order valence-electron chi connectivity index (χ0n) is 14.6. The first kappa shape index (κ1) is 16.2. The predicted molar refractivity (Wildman–Crippen MR) is 105 cm³/mol. The van der Waals surface area contributed by atoms with Gasteiger partial charge in [-0.15, -0.1) is 0 Å². The van der Waals surface area contributed by atoms with Crippen LogP contribution in [0.3, 0.4) is 0 Å². The summed E-state index contributed by atoms with van der Waals surface area (Å²) in [6.07, 6.45) is 0. The summed E-state index contributed by atoms with van der Waals surface area (Å²) in [5, 5.41) is 15.5. The van der Waals surface area contributed by atoms with Gasteiger partial charge in [0.25, 0.3) is 0 Å². The molecule has 0 bridgehead atoms. The third kappa shape index (κ3) is 3.11. The number of hydrogen-bond acceptors (Lipinski definition) is 2. The number of hydrogen-bond donors (Lipinski definition) is 1. The lowest BCUT2D eigenvalue weighted by Crippen LogP contribution is -2.04. The summed E-state index contributed by atoms with van der Waals surface area (Å²) < 4.78 is 1.94. The summed E-state index contributed by atoms with van der Waals surface area (Å²) in [5.74, 6) is 0.315. The van der Waals surface area contributed by atoms with Crippen LogP contribution in [0.2, 0.25) is 0 Å². The van der Waals surface area contributed by atoms with Crippen LogP contribution in [0.1, 0.15) is 11.3 Å². The lowest BCUT2D eigenvalue weighted by atomic mass is 10.0. The highest BCUT2D eigenvalue weighted by atomic mass is 16.3. The van der Waals surface area contributed by atoms with Crippen LogP contribution < -0.4 is 0 Å². The summed E-state index contributed by atoms with van der Waals surface area (Å²) in [4.78, 5) is 0. The molecule has 0 fully saturated rings. The van der Waals surface area contributed by atoms with Gasteiger partial charge in [-0.3, -0.25) is 4.68 Å². The Morgan fingerprint density at radius 1 is 0.808 bits per heavy atom. The number of para-hydroxylation sites is 1. The molecule has 0 saturated carbocycles. The predicted octanol–water partition coefficient (Wildman–Crippen LogP) is 5.28. The van der Waals surface area contributed by atoms with Crippen LogP contribution in [0.5, 0.6) is 5.75 Å². The standard InChI is InChI=1S/C23H20N2O/c1-17-15-22(19-11-6-3-7-12-19)24-25(17)16-20-13-8-14-21(23(20)26)18-9-4-2-5-10-18/h2-15,26H,16H2,1H3. The number of rotatable bonds is 4. The van der Waals surface area contributed by atoms with Crippen molar-refractivity contribution < 1.29 is 5.11 Å². The lowest BCUT2D eigenvalue weighted by Gasteiger charge is -2.11. The third-order valence-corrected chi connectivity index (χ3v) is 4.58. The second kappa shape index (κ2) is 6.89. The molecule has 0 saturated heterocycles. The van der Waals surface area contributed by atoms with Crippen LogP contribution in [-0.2, 0) is 6.54 Å². The Kier molecular flexibility index (Phi) is 4.28. The molecule has 1 N–H and O–H groups in total. The van der Waals surface area contributed by atoms with Gasteiger partial charge in [-0.25, -0.2) is 0 Å². The summed E-state index contributed by atoms with van der Waals surface area (Å²) >= 11 is 0. The van der Waals surface area contributed by atoms with E-state index in [1.165, 1.54) is 0 Å². The average molecular weight is 340 g/mol. The van der Waals surface area contributed by atoms with Crippen molar-refractivity contribution in [1.82, 2.24) is 9.78 Å². The van der Waals surface area contributed by atoms with Crippen LogP contribution >= 0.6 is 0 Å². The van der Waals surface area contributed by atoms with E-state index >= 15 is 0 Å². The van der Waals surface area contributed by atoms with Crippen LogP contribution in [0.15, 0.2) is 84.9 Å². The zero-order valence-corrected chi connectivity index (χ0v) is 14.6. The van der Waals surface area contributed by atoms with Crippen molar-refractivity contribution in [2.24, 2.45) is 0 Å². The van der Waals surface area contributed by atoms with E-state index < -0.39 is 0 Å². The van der Waals surface area contributed by atoms with Crippen molar-refractivity contribution in [2.45, 2.75) is 13.5 Å². The highest BCUT2D eigenvalue weighted by Crippen LogP contribution is 2.32. The number of nitrogens with zero attached hydrogens (tertiary/aromatic N) is 2. The number of aromatic nitrogens is 2. The van der Waals surface area contributed by atoms with Crippen LogP contribution in [0.4, 0.5) is 0 Å². The highest BCUT2D eigenvalue weighted by molar-refractivity contribution is 5.71. The molecule has 0 aliphatic carbocycles. The molecular weight excluding hydrogens is 320 g/mol. The molecule has 0 atom stereocenters. The molecule has 0 unspecified atom stereocenters. The van der Waals surface area contributed by atoms with Gasteiger partial charge in [0, 0.05) is 22.4 Å². The summed E-state index contributed by atoms with van der Waals surface area (Å²) in [7, 11) is 0. The fourth-order valence-electron chi connectivity index (χ4n) is 3.15. The van der Waals surface area contributed by atoms with Crippen LogP contribution in [0.25, 0.3) is 22.4 Å². The third-order valence-electron chi connectivity index (χ3n) is 4.58. The topological polar surface area (TPSA) is 38.0 Å². The fraction of sp³-hybridized carbons (Fsp3) is 0.0870. The number of phenolic OH excluding ortho intramolecular Hbond substituents is 1. The molecule has 3 nitrogen and oxygen atoms in total. The second-order valence-electron chi connectivity index (χ2n) is 6.37. The van der Waals surface area contributed by atoms with Crippen molar-refractivity contribution in [1.29, 1.82) is 0 Å². The van der Waals surface area contributed by atoms with Gasteiger partial charge in [0.15, 0.2) is 0 Å². The van der Waals surface area contributed by atoms with Gasteiger partial charge in [-0.1, -0.05) is 78.9 Å². The molecule has 0 radical (unpaired) electrons. The molecule has 3 aromatic carbocycles. The van der Waals surface area contributed by atoms with Crippen molar-refractivity contribution in [3.63, 3.8) is 0 Å². The maximum atomic E-state index is 10.8. The SMILES string of the molecule is Cc1cc(-c2ccccc2)nn1Cc1cccc(-c2ccccc2)c1O. The van der Waals surface area contributed by atoms with Gasteiger partial charge in [-0.05, 0) is 18.6 Å². The molecule has 0 aliphatic heterocycles. The number of aryl methyl sites for hydroxylation is 1. The smallest absolute Gasteiger partial charge is 0.128 e. The maximum absolute atomic E-state index is 10.8. The largest absolute Gasteiger partial charge is 0.507 e. The Morgan fingerprint density at radius 2 is 1.46 bits per heavy atom. The lowest BCUT2D eigenvalue weighted by molar-refractivity contribution is 0.465. The Morgan fingerprint density at radius 3 is 2.15 bits per heavy atom.